The second-order valence-electron chi connectivity index (χ2n) is 7.51. The predicted molar refractivity (Wildman–Crippen MR) is 105 cm³/mol. The van der Waals surface area contributed by atoms with Gasteiger partial charge in [0, 0.05) is 31.3 Å². The number of rotatable bonds is 8. The molecule has 2 atom stereocenters. The van der Waals surface area contributed by atoms with Gasteiger partial charge >= 0.3 is 0 Å². The van der Waals surface area contributed by atoms with Crippen LogP contribution in [0.25, 0.3) is 0 Å². The van der Waals surface area contributed by atoms with Crippen LogP contribution in [0.4, 0.5) is 0 Å². The summed E-state index contributed by atoms with van der Waals surface area (Å²) in [7, 11) is 0. The van der Waals surface area contributed by atoms with Crippen LogP contribution in [0.3, 0.4) is 0 Å². The van der Waals surface area contributed by atoms with Crippen molar-refractivity contribution in [1.29, 1.82) is 0 Å². The molecule has 0 radical (unpaired) electrons. The molecule has 0 aromatic rings. The highest BCUT2D eigenvalue weighted by Crippen LogP contribution is 2.39. The first-order chi connectivity index (χ1) is 12.0. The van der Waals surface area contributed by atoms with Crippen LogP contribution in [0.1, 0.15) is 72.1 Å². The van der Waals surface area contributed by atoms with Crippen LogP contribution in [-0.2, 0) is 9.59 Å². The molecule has 2 rings (SSSR count). The number of thioether (sulfide) groups is 1. The molecule has 2 amide bonds. The number of nitrogens with one attached hydrogen (secondary N) is 2. The fourth-order valence-electron chi connectivity index (χ4n) is 3.50. The first-order valence-electron chi connectivity index (χ1n) is 9.99. The zero-order valence-corrected chi connectivity index (χ0v) is 16.9. The smallest absolute Gasteiger partial charge is 0.238 e. The summed E-state index contributed by atoms with van der Waals surface area (Å²) < 4.78 is 0. The topological polar surface area (TPSA) is 61.4 Å². The molecule has 0 aliphatic carbocycles. The summed E-state index contributed by atoms with van der Waals surface area (Å²) in [6.07, 6.45) is 8.10. The standard InChI is InChI=1S/C19H35N3O2S/c1-4-6-7-8-9-17(23)22-12-10-19(11-13-22)21-16(14-25-19)18(24)20-15(3)5-2/h15-16,21H,4-14H2,1-3H3,(H,20,24). The van der Waals surface area contributed by atoms with Gasteiger partial charge in [-0.25, -0.2) is 0 Å². The third-order valence-corrected chi connectivity index (χ3v) is 7.03. The fraction of sp³-hybridized carbons (Fsp3) is 0.895. The molecule has 2 saturated heterocycles. The molecule has 0 aromatic carbocycles. The highest BCUT2D eigenvalue weighted by molar-refractivity contribution is 8.01. The summed E-state index contributed by atoms with van der Waals surface area (Å²) in [4.78, 5) is 26.7. The average molecular weight is 370 g/mol. The van der Waals surface area contributed by atoms with Gasteiger partial charge in [-0.3, -0.25) is 14.9 Å². The van der Waals surface area contributed by atoms with Crippen molar-refractivity contribution in [2.75, 3.05) is 18.8 Å². The molecule has 0 saturated carbocycles. The van der Waals surface area contributed by atoms with Gasteiger partial charge in [-0.2, -0.15) is 0 Å². The zero-order valence-electron chi connectivity index (χ0n) is 16.1. The normalized spacial score (nSPS) is 23.6. The van der Waals surface area contributed by atoms with E-state index in [9.17, 15) is 9.59 Å². The van der Waals surface area contributed by atoms with E-state index in [1.165, 1.54) is 12.8 Å². The van der Waals surface area contributed by atoms with Crippen LogP contribution in [0, 0.1) is 0 Å². The van der Waals surface area contributed by atoms with E-state index in [0.717, 1.165) is 50.9 Å². The summed E-state index contributed by atoms with van der Waals surface area (Å²) >= 11 is 1.87. The lowest BCUT2D eigenvalue weighted by atomic mass is 10.0. The fourth-order valence-corrected chi connectivity index (χ4v) is 4.91. The number of carbonyl (C=O) groups is 2. The van der Waals surface area contributed by atoms with E-state index in [1.807, 2.05) is 23.6 Å². The number of piperidine rings is 1. The lowest BCUT2D eigenvalue weighted by Gasteiger charge is -2.39. The Balaban J connectivity index is 1.74. The first kappa shape index (κ1) is 20.6. The Labute approximate surface area is 157 Å². The van der Waals surface area contributed by atoms with Crippen molar-refractivity contribution < 1.29 is 9.59 Å². The van der Waals surface area contributed by atoms with Crippen LogP contribution < -0.4 is 10.6 Å². The van der Waals surface area contributed by atoms with E-state index in [2.05, 4.69) is 24.5 Å². The Kier molecular flexibility index (Phi) is 8.07. The molecule has 1 spiro atoms. The van der Waals surface area contributed by atoms with Crippen LogP contribution in [0.5, 0.6) is 0 Å². The van der Waals surface area contributed by atoms with E-state index in [0.29, 0.717) is 12.3 Å². The van der Waals surface area contributed by atoms with Crippen LogP contribution in [0.2, 0.25) is 0 Å². The third kappa shape index (κ3) is 5.88. The molecule has 2 aliphatic heterocycles. The van der Waals surface area contributed by atoms with Gasteiger partial charge in [0.1, 0.15) is 0 Å². The van der Waals surface area contributed by atoms with Crippen molar-refractivity contribution in [3.8, 4) is 0 Å². The van der Waals surface area contributed by atoms with Gasteiger partial charge in [0.05, 0.1) is 10.9 Å². The van der Waals surface area contributed by atoms with Gasteiger partial charge in [0.15, 0.2) is 0 Å². The Morgan fingerprint density at radius 2 is 1.96 bits per heavy atom. The van der Waals surface area contributed by atoms with Crippen molar-refractivity contribution in [3.05, 3.63) is 0 Å². The average Bonchev–Trinajstić information content (AvgIpc) is 3.03. The molecule has 0 bridgehead atoms. The van der Waals surface area contributed by atoms with Crippen molar-refractivity contribution in [2.45, 2.75) is 89.1 Å². The molecule has 2 fully saturated rings. The van der Waals surface area contributed by atoms with Crippen LogP contribution in [0.15, 0.2) is 0 Å². The van der Waals surface area contributed by atoms with Crippen molar-refractivity contribution in [1.82, 2.24) is 15.5 Å². The summed E-state index contributed by atoms with van der Waals surface area (Å²) in [5, 5.41) is 6.64. The lowest BCUT2D eigenvalue weighted by molar-refractivity contribution is -0.133. The monoisotopic (exact) mass is 369 g/mol. The first-order valence-corrected chi connectivity index (χ1v) is 11.0. The van der Waals surface area contributed by atoms with Crippen molar-refractivity contribution in [3.63, 3.8) is 0 Å². The number of likely N-dealkylation sites (tertiary alicyclic amines) is 1. The van der Waals surface area contributed by atoms with Gasteiger partial charge in [-0.15, -0.1) is 11.8 Å². The van der Waals surface area contributed by atoms with Crippen LogP contribution >= 0.6 is 11.8 Å². The summed E-state index contributed by atoms with van der Waals surface area (Å²) in [6.45, 7) is 7.94. The second kappa shape index (κ2) is 9.81. The largest absolute Gasteiger partial charge is 0.352 e. The molecule has 0 aromatic heterocycles. The molecular formula is C19H35N3O2S. The van der Waals surface area contributed by atoms with E-state index >= 15 is 0 Å². The highest BCUT2D eigenvalue weighted by Gasteiger charge is 2.44. The SMILES string of the molecule is CCCCCCC(=O)N1CCC2(CC1)NC(C(=O)NC(C)CC)CS2. The summed E-state index contributed by atoms with van der Waals surface area (Å²) in [5.41, 5.74) is 0. The maximum atomic E-state index is 12.3. The predicted octanol–water partition coefficient (Wildman–Crippen LogP) is 2.90. The number of nitrogens with zero attached hydrogens (tertiary/aromatic N) is 1. The molecular weight excluding hydrogens is 334 g/mol. The maximum Gasteiger partial charge on any atom is 0.238 e. The summed E-state index contributed by atoms with van der Waals surface area (Å²) in [6, 6.07) is 0.123. The van der Waals surface area contributed by atoms with E-state index in [-0.39, 0.29) is 22.9 Å². The molecule has 2 unspecified atom stereocenters. The molecule has 2 N–H and O–H groups in total. The van der Waals surface area contributed by atoms with Crippen LogP contribution in [-0.4, -0.2) is 52.5 Å². The molecule has 5 nitrogen and oxygen atoms in total. The van der Waals surface area contributed by atoms with E-state index < -0.39 is 0 Å². The quantitative estimate of drug-likeness (QED) is 0.646. The lowest BCUT2D eigenvalue weighted by Crippen LogP contribution is -2.55. The number of amides is 2. The Bertz CT molecular complexity index is 450. The zero-order chi connectivity index (χ0) is 18.3. The van der Waals surface area contributed by atoms with Gasteiger partial charge in [0.25, 0.3) is 0 Å². The molecule has 25 heavy (non-hydrogen) atoms. The minimum Gasteiger partial charge on any atom is -0.352 e. The third-order valence-electron chi connectivity index (χ3n) is 5.45. The minimum atomic E-state index is -0.102. The van der Waals surface area contributed by atoms with Crippen molar-refractivity contribution >= 4 is 23.6 Å². The van der Waals surface area contributed by atoms with Gasteiger partial charge in [-0.1, -0.05) is 33.1 Å². The van der Waals surface area contributed by atoms with Gasteiger partial charge in [-0.05, 0) is 32.6 Å². The summed E-state index contributed by atoms with van der Waals surface area (Å²) in [5.74, 6) is 1.25. The minimum absolute atomic E-state index is 0.0174. The Morgan fingerprint density at radius 1 is 1.24 bits per heavy atom. The Hall–Kier alpha value is -0.750. The highest BCUT2D eigenvalue weighted by atomic mass is 32.2. The number of hydrogen-bond acceptors (Lipinski definition) is 4. The molecule has 2 heterocycles. The number of unbranched alkanes of at least 4 members (excludes halogenated alkanes) is 3. The second-order valence-corrected chi connectivity index (χ2v) is 8.92. The molecule has 6 heteroatoms. The van der Waals surface area contributed by atoms with E-state index in [4.69, 9.17) is 0 Å². The number of hydrogen-bond donors (Lipinski definition) is 2. The van der Waals surface area contributed by atoms with Gasteiger partial charge in [0.2, 0.25) is 11.8 Å². The van der Waals surface area contributed by atoms with Gasteiger partial charge < -0.3 is 10.2 Å². The Morgan fingerprint density at radius 3 is 2.60 bits per heavy atom. The molecule has 2 aliphatic rings. The van der Waals surface area contributed by atoms with E-state index in [1.54, 1.807) is 0 Å². The van der Waals surface area contributed by atoms with Crippen molar-refractivity contribution in [2.24, 2.45) is 0 Å². The maximum absolute atomic E-state index is 12.3. The number of carbonyl (C=O) groups excluding carboxylic acids is 2. The molecule has 144 valence electrons.